The number of ether oxygens (including phenoxy) is 1. The molecule has 0 aliphatic heterocycles. The van der Waals surface area contributed by atoms with Crippen LogP contribution in [0.4, 0.5) is 13.2 Å². The maximum Gasteiger partial charge on any atom is 0.422 e. The predicted molar refractivity (Wildman–Crippen MR) is 51.1 cm³/mol. The third-order valence-electron chi connectivity index (χ3n) is 1.88. The Kier molecular flexibility index (Phi) is 2.64. The highest BCUT2D eigenvalue weighted by molar-refractivity contribution is 5.78. The van der Waals surface area contributed by atoms with Crippen LogP contribution in [0, 0.1) is 0 Å². The minimum atomic E-state index is -4.33. The van der Waals surface area contributed by atoms with Crippen molar-refractivity contribution in [2.45, 2.75) is 6.18 Å². The second-order valence-corrected chi connectivity index (χ2v) is 3.15. The molecule has 0 saturated heterocycles. The lowest BCUT2D eigenvalue weighted by molar-refractivity contribution is -0.153. The van der Waals surface area contributed by atoms with Crippen LogP contribution in [0.25, 0.3) is 10.9 Å². The van der Waals surface area contributed by atoms with Gasteiger partial charge < -0.3 is 4.74 Å². The van der Waals surface area contributed by atoms with Crippen molar-refractivity contribution < 1.29 is 17.9 Å². The lowest BCUT2D eigenvalue weighted by atomic mass is 10.2. The minimum Gasteiger partial charge on any atom is -0.484 e. The first-order valence-electron chi connectivity index (χ1n) is 4.44. The van der Waals surface area contributed by atoms with Gasteiger partial charge in [-0.15, -0.1) is 0 Å². The van der Waals surface area contributed by atoms with E-state index in [0.717, 1.165) is 5.39 Å². The van der Waals surface area contributed by atoms with E-state index in [-0.39, 0.29) is 5.75 Å². The summed E-state index contributed by atoms with van der Waals surface area (Å²) in [5, 5.41) is 0.752. The fraction of sp³-hybridized carbons (Fsp3) is 0.200. The third-order valence-corrected chi connectivity index (χ3v) is 1.88. The summed E-state index contributed by atoms with van der Waals surface area (Å²) in [6.07, 6.45) is -1.42. The molecule has 6 heteroatoms. The summed E-state index contributed by atoms with van der Waals surface area (Å²) >= 11 is 0. The first-order valence-corrected chi connectivity index (χ1v) is 4.44. The first-order chi connectivity index (χ1) is 7.54. The maximum atomic E-state index is 11.9. The molecule has 0 N–H and O–H groups in total. The van der Waals surface area contributed by atoms with E-state index in [0.29, 0.717) is 5.52 Å². The van der Waals surface area contributed by atoms with Gasteiger partial charge >= 0.3 is 6.18 Å². The van der Waals surface area contributed by atoms with Crippen molar-refractivity contribution in [2.75, 3.05) is 6.61 Å². The number of halogens is 3. The van der Waals surface area contributed by atoms with Crippen LogP contribution in [0.1, 0.15) is 0 Å². The Morgan fingerprint density at radius 1 is 1.25 bits per heavy atom. The maximum absolute atomic E-state index is 11.9. The second kappa shape index (κ2) is 3.96. The Bertz CT molecular complexity index is 499. The van der Waals surface area contributed by atoms with Crippen molar-refractivity contribution in [1.29, 1.82) is 0 Å². The molecule has 0 atom stereocenters. The van der Waals surface area contributed by atoms with Crippen molar-refractivity contribution in [3.63, 3.8) is 0 Å². The molecule has 1 aromatic carbocycles. The summed E-state index contributed by atoms with van der Waals surface area (Å²) in [6, 6.07) is 4.52. The molecule has 16 heavy (non-hydrogen) atoms. The summed E-state index contributed by atoms with van der Waals surface area (Å²) in [5.74, 6) is 0.142. The van der Waals surface area contributed by atoms with Gasteiger partial charge in [-0.2, -0.15) is 13.2 Å². The molecule has 1 aromatic heterocycles. The molecule has 0 saturated carbocycles. The van der Waals surface area contributed by atoms with Crippen LogP contribution in [0.15, 0.2) is 30.7 Å². The largest absolute Gasteiger partial charge is 0.484 e. The Hall–Kier alpha value is -1.85. The molecule has 0 spiro atoms. The lowest BCUT2D eigenvalue weighted by Gasteiger charge is -2.09. The van der Waals surface area contributed by atoms with Crippen LogP contribution in [-0.2, 0) is 0 Å². The van der Waals surface area contributed by atoms with Gasteiger partial charge in [0.05, 0.1) is 5.52 Å². The summed E-state index contributed by atoms with van der Waals surface area (Å²) in [7, 11) is 0. The number of alkyl halides is 3. The zero-order valence-corrected chi connectivity index (χ0v) is 8.03. The van der Waals surface area contributed by atoms with Gasteiger partial charge in [-0.25, -0.2) is 9.97 Å². The zero-order valence-electron chi connectivity index (χ0n) is 8.03. The molecule has 0 aliphatic carbocycles. The number of aromatic nitrogens is 2. The topological polar surface area (TPSA) is 35.0 Å². The monoisotopic (exact) mass is 228 g/mol. The number of fused-ring (bicyclic) bond motifs is 1. The second-order valence-electron chi connectivity index (χ2n) is 3.15. The molecule has 0 fully saturated rings. The molecule has 0 radical (unpaired) electrons. The molecule has 0 amide bonds. The molecule has 2 aromatic rings. The summed E-state index contributed by atoms with van der Waals surface area (Å²) in [4.78, 5) is 7.71. The van der Waals surface area contributed by atoms with Gasteiger partial charge in [-0.3, -0.25) is 0 Å². The minimum absolute atomic E-state index is 0.142. The van der Waals surface area contributed by atoms with E-state index in [4.69, 9.17) is 0 Å². The van der Waals surface area contributed by atoms with Crippen LogP contribution in [-0.4, -0.2) is 22.8 Å². The van der Waals surface area contributed by atoms with Gasteiger partial charge in [0, 0.05) is 17.6 Å². The van der Waals surface area contributed by atoms with Crippen LogP contribution < -0.4 is 4.74 Å². The molecule has 84 valence electrons. The van der Waals surface area contributed by atoms with Crippen LogP contribution >= 0.6 is 0 Å². The van der Waals surface area contributed by atoms with E-state index < -0.39 is 12.8 Å². The highest BCUT2D eigenvalue weighted by Gasteiger charge is 2.28. The third kappa shape index (κ3) is 2.59. The van der Waals surface area contributed by atoms with E-state index >= 15 is 0 Å². The van der Waals surface area contributed by atoms with Crippen molar-refractivity contribution >= 4 is 10.9 Å². The van der Waals surface area contributed by atoms with E-state index in [1.54, 1.807) is 12.3 Å². The molecular weight excluding hydrogens is 221 g/mol. The summed E-state index contributed by atoms with van der Waals surface area (Å²) < 4.78 is 40.3. The molecule has 0 bridgehead atoms. The molecule has 0 aliphatic rings. The average Bonchev–Trinajstić information content (AvgIpc) is 2.25. The number of nitrogens with zero attached hydrogens (tertiary/aromatic N) is 2. The average molecular weight is 228 g/mol. The van der Waals surface area contributed by atoms with Gasteiger partial charge in [0.15, 0.2) is 6.61 Å². The van der Waals surface area contributed by atoms with Gasteiger partial charge in [-0.1, -0.05) is 0 Å². The molecular formula is C10H7F3N2O. The number of rotatable bonds is 2. The molecule has 1 heterocycles. The van der Waals surface area contributed by atoms with E-state index in [1.165, 1.54) is 18.5 Å². The fourth-order valence-electron chi connectivity index (χ4n) is 1.21. The quantitative estimate of drug-likeness (QED) is 0.792. The normalized spacial score (nSPS) is 11.7. The van der Waals surface area contributed by atoms with Gasteiger partial charge in [-0.05, 0) is 12.1 Å². The molecule has 3 nitrogen and oxygen atoms in total. The Labute approximate surface area is 88.9 Å². The lowest BCUT2D eigenvalue weighted by Crippen LogP contribution is -2.19. The smallest absolute Gasteiger partial charge is 0.422 e. The van der Waals surface area contributed by atoms with Gasteiger partial charge in [0.25, 0.3) is 0 Å². The van der Waals surface area contributed by atoms with Crippen LogP contribution in [0.3, 0.4) is 0 Å². The molecule has 0 unspecified atom stereocenters. The zero-order chi connectivity index (χ0) is 11.6. The standard InChI is InChI=1S/C10H7F3N2O/c11-10(12,13)5-16-8-2-1-7-4-14-6-15-9(7)3-8/h1-4,6H,5H2. The Balaban J connectivity index is 2.20. The van der Waals surface area contributed by atoms with Crippen molar-refractivity contribution in [2.24, 2.45) is 0 Å². The SMILES string of the molecule is FC(F)(F)COc1ccc2cncnc2c1. The Morgan fingerprint density at radius 2 is 2.06 bits per heavy atom. The summed E-state index contributed by atoms with van der Waals surface area (Å²) in [6.45, 7) is -1.30. The van der Waals surface area contributed by atoms with Crippen molar-refractivity contribution in [1.82, 2.24) is 9.97 Å². The van der Waals surface area contributed by atoms with E-state index in [2.05, 4.69) is 14.7 Å². The van der Waals surface area contributed by atoms with Crippen LogP contribution in [0.2, 0.25) is 0 Å². The van der Waals surface area contributed by atoms with E-state index in [9.17, 15) is 13.2 Å². The highest BCUT2D eigenvalue weighted by atomic mass is 19.4. The van der Waals surface area contributed by atoms with Gasteiger partial charge in [0.2, 0.25) is 0 Å². The fourth-order valence-corrected chi connectivity index (χ4v) is 1.21. The number of hydrogen-bond donors (Lipinski definition) is 0. The summed E-state index contributed by atoms with van der Waals surface area (Å²) in [5.41, 5.74) is 0.551. The first kappa shape index (κ1) is 10.7. The van der Waals surface area contributed by atoms with Gasteiger partial charge in [0.1, 0.15) is 12.1 Å². The number of benzene rings is 1. The predicted octanol–water partition coefficient (Wildman–Crippen LogP) is 2.57. The van der Waals surface area contributed by atoms with Crippen molar-refractivity contribution in [3.8, 4) is 5.75 Å². The Morgan fingerprint density at radius 3 is 2.81 bits per heavy atom. The highest BCUT2D eigenvalue weighted by Crippen LogP contribution is 2.21. The number of hydrogen-bond acceptors (Lipinski definition) is 3. The van der Waals surface area contributed by atoms with E-state index in [1.807, 2.05) is 0 Å². The van der Waals surface area contributed by atoms with Crippen molar-refractivity contribution in [3.05, 3.63) is 30.7 Å². The van der Waals surface area contributed by atoms with Crippen LogP contribution in [0.5, 0.6) is 5.75 Å². The molecule has 2 rings (SSSR count).